The summed E-state index contributed by atoms with van der Waals surface area (Å²) >= 11 is 3.29. The Balaban J connectivity index is 2.08. The largest absolute Gasteiger partial charge is 0.395 e. The van der Waals surface area contributed by atoms with Crippen LogP contribution in [0.1, 0.15) is 18.4 Å². The molecule has 1 aliphatic rings. The predicted molar refractivity (Wildman–Crippen MR) is 64.6 cm³/mol. The monoisotopic (exact) mass is 287 g/mol. The van der Waals surface area contributed by atoms with Gasteiger partial charge >= 0.3 is 0 Å². The Labute approximate surface area is 103 Å². The van der Waals surface area contributed by atoms with Gasteiger partial charge in [0.2, 0.25) is 0 Å². The molecular formula is C12H15BrFNO. The van der Waals surface area contributed by atoms with Gasteiger partial charge in [-0.15, -0.1) is 0 Å². The molecule has 1 aromatic carbocycles. The van der Waals surface area contributed by atoms with Crippen LogP contribution < -0.4 is 0 Å². The van der Waals surface area contributed by atoms with Crippen LogP contribution in [0.2, 0.25) is 0 Å². The number of hydrogen-bond acceptors (Lipinski definition) is 2. The van der Waals surface area contributed by atoms with Crippen molar-refractivity contribution in [2.75, 3.05) is 13.2 Å². The van der Waals surface area contributed by atoms with Crippen molar-refractivity contribution in [2.45, 2.75) is 25.4 Å². The molecule has 2 rings (SSSR count). The Morgan fingerprint density at radius 2 is 2.25 bits per heavy atom. The van der Waals surface area contributed by atoms with E-state index in [-0.39, 0.29) is 18.5 Å². The number of rotatable bonds is 3. The molecule has 16 heavy (non-hydrogen) atoms. The molecule has 1 saturated heterocycles. The molecule has 1 heterocycles. The third-order valence-corrected chi connectivity index (χ3v) is 3.48. The Hall–Kier alpha value is -0.450. The second kappa shape index (κ2) is 5.25. The molecule has 2 nitrogen and oxygen atoms in total. The molecular weight excluding hydrogens is 273 g/mol. The van der Waals surface area contributed by atoms with Crippen molar-refractivity contribution in [3.8, 4) is 0 Å². The van der Waals surface area contributed by atoms with Crippen LogP contribution in [0.25, 0.3) is 0 Å². The fraction of sp³-hybridized carbons (Fsp3) is 0.500. The van der Waals surface area contributed by atoms with Crippen molar-refractivity contribution in [1.29, 1.82) is 0 Å². The molecule has 4 heteroatoms. The minimum atomic E-state index is -0.218. The lowest BCUT2D eigenvalue weighted by atomic mass is 10.2. The topological polar surface area (TPSA) is 23.5 Å². The zero-order valence-corrected chi connectivity index (χ0v) is 10.6. The average molecular weight is 288 g/mol. The van der Waals surface area contributed by atoms with Gasteiger partial charge in [-0.1, -0.05) is 15.9 Å². The molecule has 88 valence electrons. The van der Waals surface area contributed by atoms with E-state index in [2.05, 4.69) is 20.8 Å². The Morgan fingerprint density at radius 1 is 1.44 bits per heavy atom. The molecule has 0 radical (unpaired) electrons. The van der Waals surface area contributed by atoms with E-state index in [0.29, 0.717) is 6.54 Å². The number of aliphatic hydroxyl groups excluding tert-OH is 1. The van der Waals surface area contributed by atoms with Crippen molar-refractivity contribution in [1.82, 2.24) is 4.90 Å². The lowest BCUT2D eigenvalue weighted by Gasteiger charge is -2.22. The van der Waals surface area contributed by atoms with Gasteiger partial charge in [0.15, 0.2) is 0 Å². The van der Waals surface area contributed by atoms with Gasteiger partial charge in [0.1, 0.15) is 5.82 Å². The molecule has 0 amide bonds. The van der Waals surface area contributed by atoms with Crippen molar-refractivity contribution in [3.05, 3.63) is 34.1 Å². The van der Waals surface area contributed by atoms with E-state index >= 15 is 0 Å². The van der Waals surface area contributed by atoms with Crippen LogP contribution in [-0.4, -0.2) is 29.2 Å². The maximum Gasteiger partial charge on any atom is 0.124 e. The lowest BCUT2D eigenvalue weighted by molar-refractivity contribution is 0.153. The maximum absolute atomic E-state index is 13.2. The summed E-state index contributed by atoms with van der Waals surface area (Å²) in [5.74, 6) is -0.218. The highest BCUT2D eigenvalue weighted by Crippen LogP contribution is 2.22. The number of hydrogen-bond donors (Lipinski definition) is 1. The number of likely N-dealkylation sites (tertiary alicyclic amines) is 1. The molecule has 1 N–H and O–H groups in total. The summed E-state index contributed by atoms with van der Waals surface area (Å²) in [6.07, 6.45) is 2.15. The average Bonchev–Trinajstić information content (AvgIpc) is 2.63. The van der Waals surface area contributed by atoms with E-state index in [1.807, 2.05) is 6.07 Å². The zero-order valence-electron chi connectivity index (χ0n) is 9.00. The summed E-state index contributed by atoms with van der Waals surface area (Å²) in [6, 6.07) is 5.17. The van der Waals surface area contributed by atoms with Gasteiger partial charge in [-0.25, -0.2) is 4.39 Å². The van der Waals surface area contributed by atoms with E-state index in [4.69, 9.17) is 0 Å². The van der Waals surface area contributed by atoms with E-state index in [0.717, 1.165) is 29.4 Å². The highest BCUT2D eigenvalue weighted by atomic mass is 79.9. The molecule has 0 aliphatic carbocycles. The van der Waals surface area contributed by atoms with Crippen LogP contribution >= 0.6 is 15.9 Å². The van der Waals surface area contributed by atoms with Gasteiger partial charge < -0.3 is 5.11 Å². The van der Waals surface area contributed by atoms with Crippen molar-refractivity contribution < 1.29 is 9.50 Å². The third kappa shape index (κ3) is 2.81. The number of nitrogens with zero attached hydrogens (tertiary/aromatic N) is 1. The Morgan fingerprint density at radius 3 is 2.94 bits per heavy atom. The first kappa shape index (κ1) is 12.0. The van der Waals surface area contributed by atoms with Gasteiger partial charge in [0.25, 0.3) is 0 Å². The molecule has 0 saturated carbocycles. The Kier molecular flexibility index (Phi) is 3.95. The summed E-state index contributed by atoms with van der Waals surface area (Å²) < 4.78 is 13.9. The van der Waals surface area contributed by atoms with Gasteiger partial charge in [0.05, 0.1) is 6.61 Å². The molecule has 1 fully saturated rings. The van der Waals surface area contributed by atoms with Gasteiger partial charge in [0, 0.05) is 17.1 Å². The standard InChI is InChI=1S/C12H15BrFNO/c13-10-4-9(5-11(14)6-10)7-15-3-1-2-12(15)8-16/h4-6,12,16H,1-3,7-8H2/t12-/m1/s1. The first-order valence-electron chi connectivity index (χ1n) is 5.49. The van der Waals surface area contributed by atoms with Crippen LogP contribution in [0, 0.1) is 5.82 Å². The van der Waals surface area contributed by atoms with Crippen LogP contribution in [-0.2, 0) is 6.54 Å². The molecule has 0 bridgehead atoms. The zero-order chi connectivity index (χ0) is 11.5. The van der Waals surface area contributed by atoms with Crippen molar-refractivity contribution in [3.63, 3.8) is 0 Å². The second-order valence-corrected chi connectivity index (χ2v) is 5.14. The number of benzene rings is 1. The van der Waals surface area contributed by atoms with E-state index in [1.165, 1.54) is 6.07 Å². The Bertz CT molecular complexity index is 352. The third-order valence-electron chi connectivity index (χ3n) is 3.02. The van der Waals surface area contributed by atoms with Crippen LogP contribution in [0.4, 0.5) is 4.39 Å². The summed E-state index contributed by atoms with van der Waals surface area (Å²) in [6.45, 7) is 1.89. The van der Waals surface area contributed by atoms with Crippen molar-refractivity contribution >= 4 is 15.9 Å². The lowest BCUT2D eigenvalue weighted by Crippen LogP contribution is -2.31. The molecule has 1 aliphatic heterocycles. The molecule has 0 unspecified atom stereocenters. The van der Waals surface area contributed by atoms with E-state index < -0.39 is 0 Å². The van der Waals surface area contributed by atoms with Crippen LogP contribution in [0.5, 0.6) is 0 Å². The fourth-order valence-corrected chi connectivity index (χ4v) is 2.76. The first-order valence-corrected chi connectivity index (χ1v) is 6.28. The molecule has 1 aromatic rings. The second-order valence-electron chi connectivity index (χ2n) is 4.23. The summed E-state index contributed by atoms with van der Waals surface area (Å²) in [7, 11) is 0. The predicted octanol–water partition coefficient (Wildman–Crippen LogP) is 2.54. The minimum Gasteiger partial charge on any atom is -0.395 e. The SMILES string of the molecule is OC[C@H]1CCCN1Cc1cc(F)cc(Br)c1. The summed E-state index contributed by atoms with van der Waals surface area (Å²) in [4.78, 5) is 2.21. The van der Waals surface area contributed by atoms with Gasteiger partial charge in [-0.05, 0) is 43.1 Å². The van der Waals surface area contributed by atoms with Gasteiger partial charge in [-0.2, -0.15) is 0 Å². The number of halogens is 2. The van der Waals surface area contributed by atoms with Gasteiger partial charge in [-0.3, -0.25) is 4.90 Å². The van der Waals surface area contributed by atoms with Crippen LogP contribution in [0.3, 0.4) is 0 Å². The first-order chi connectivity index (χ1) is 7.69. The maximum atomic E-state index is 13.2. The highest BCUT2D eigenvalue weighted by Gasteiger charge is 2.23. The van der Waals surface area contributed by atoms with E-state index in [9.17, 15) is 9.50 Å². The quantitative estimate of drug-likeness (QED) is 0.924. The summed E-state index contributed by atoms with van der Waals surface area (Å²) in [5.41, 5.74) is 0.951. The normalized spacial score (nSPS) is 21.6. The highest BCUT2D eigenvalue weighted by molar-refractivity contribution is 9.10. The smallest absolute Gasteiger partial charge is 0.124 e. The number of aliphatic hydroxyl groups is 1. The molecule has 0 aromatic heterocycles. The molecule has 1 atom stereocenters. The summed E-state index contributed by atoms with van der Waals surface area (Å²) in [5, 5.41) is 9.20. The van der Waals surface area contributed by atoms with E-state index in [1.54, 1.807) is 6.07 Å². The molecule has 0 spiro atoms. The fourth-order valence-electron chi connectivity index (χ4n) is 2.25. The minimum absolute atomic E-state index is 0.191. The van der Waals surface area contributed by atoms with Crippen LogP contribution in [0.15, 0.2) is 22.7 Å². The van der Waals surface area contributed by atoms with Crippen molar-refractivity contribution in [2.24, 2.45) is 0 Å².